The number of amides is 2. The minimum absolute atomic E-state index is 0.0787. The molecule has 1 aromatic carbocycles. The van der Waals surface area contributed by atoms with E-state index in [0.717, 1.165) is 35.6 Å². The Morgan fingerprint density at radius 3 is 2.50 bits per heavy atom. The van der Waals surface area contributed by atoms with E-state index < -0.39 is 16.7 Å². The number of nitro groups is 1. The van der Waals surface area contributed by atoms with E-state index in [1.807, 2.05) is 49.1 Å². The Morgan fingerprint density at radius 1 is 1.09 bits per heavy atom. The maximum Gasteiger partial charge on any atom is 0.433 e. The summed E-state index contributed by atoms with van der Waals surface area (Å²) in [6, 6.07) is 10.1. The van der Waals surface area contributed by atoms with Gasteiger partial charge in [0.05, 0.1) is 6.07 Å². The number of furan rings is 1. The Morgan fingerprint density at radius 2 is 1.81 bits per heavy atom. The molecular formula is C22H23N5O5. The van der Waals surface area contributed by atoms with Crippen LogP contribution < -0.4 is 5.32 Å². The SMILES string of the molecule is CN1CCN(C(=O)C(=Cc2cn(C)c3ccccc23)NC(=O)c2ccc([N+](=O)[O-])o2)CC1. The molecule has 0 bridgehead atoms. The van der Waals surface area contributed by atoms with Crippen molar-refractivity contribution in [2.24, 2.45) is 7.05 Å². The van der Waals surface area contributed by atoms with Gasteiger partial charge in [0, 0.05) is 55.9 Å². The van der Waals surface area contributed by atoms with E-state index in [0.29, 0.717) is 13.1 Å². The number of rotatable bonds is 5. The summed E-state index contributed by atoms with van der Waals surface area (Å²) in [4.78, 5) is 40.0. The summed E-state index contributed by atoms with van der Waals surface area (Å²) in [5, 5.41) is 14.4. The lowest BCUT2D eigenvalue weighted by molar-refractivity contribution is -0.402. The van der Waals surface area contributed by atoms with Crippen LogP contribution in [0.25, 0.3) is 17.0 Å². The molecular weight excluding hydrogens is 414 g/mol. The van der Waals surface area contributed by atoms with Crippen LogP contribution in [0.3, 0.4) is 0 Å². The topological polar surface area (TPSA) is 114 Å². The van der Waals surface area contributed by atoms with Crippen LogP contribution in [0.15, 0.2) is 52.7 Å². The molecule has 3 heterocycles. The van der Waals surface area contributed by atoms with Crippen molar-refractivity contribution in [3.63, 3.8) is 0 Å². The molecule has 2 amide bonds. The van der Waals surface area contributed by atoms with Crippen LogP contribution in [0.1, 0.15) is 16.1 Å². The standard InChI is InChI=1S/C22H23N5O5/c1-24-9-11-26(12-10-24)22(29)17(23-21(28)19-7-8-20(32-19)27(30)31)13-15-14-25(2)18-6-4-3-5-16(15)18/h3-8,13-14H,9-12H2,1-2H3,(H,23,28). The van der Waals surface area contributed by atoms with Gasteiger partial charge in [-0.2, -0.15) is 0 Å². The van der Waals surface area contributed by atoms with Gasteiger partial charge < -0.3 is 24.1 Å². The van der Waals surface area contributed by atoms with Gasteiger partial charge in [-0.3, -0.25) is 19.7 Å². The van der Waals surface area contributed by atoms with Crippen LogP contribution >= 0.6 is 0 Å². The lowest BCUT2D eigenvalue weighted by Gasteiger charge is -2.32. The lowest BCUT2D eigenvalue weighted by atomic mass is 10.1. The number of hydrogen-bond acceptors (Lipinski definition) is 6. The van der Waals surface area contributed by atoms with Gasteiger partial charge >= 0.3 is 5.88 Å². The first-order valence-electron chi connectivity index (χ1n) is 10.1. The van der Waals surface area contributed by atoms with Gasteiger partial charge in [-0.25, -0.2) is 0 Å². The first-order valence-corrected chi connectivity index (χ1v) is 10.1. The van der Waals surface area contributed by atoms with E-state index in [1.165, 1.54) is 6.07 Å². The largest absolute Gasteiger partial charge is 0.433 e. The van der Waals surface area contributed by atoms with Crippen LogP contribution in [0.4, 0.5) is 5.88 Å². The van der Waals surface area contributed by atoms with Crippen molar-refractivity contribution in [2.75, 3.05) is 33.2 Å². The minimum atomic E-state index is -0.730. The molecule has 0 atom stereocenters. The lowest BCUT2D eigenvalue weighted by Crippen LogP contribution is -2.49. The zero-order valence-electron chi connectivity index (χ0n) is 17.8. The normalized spacial score (nSPS) is 15.2. The highest BCUT2D eigenvalue weighted by molar-refractivity contribution is 6.06. The van der Waals surface area contributed by atoms with E-state index >= 15 is 0 Å². The van der Waals surface area contributed by atoms with Crippen molar-refractivity contribution in [1.29, 1.82) is 0 Å². The highest BCUT2D eigenvalue weighted by Gasteiger charge is 2.26. The highest BCUT2D eigenvalue weighted by Crippen LogP contribution is 2.23. The molecule has 2 aromatic heterocycles. The van der Waals surface area contributed by atoms with Gasteiger partial charge in [0.2, 0.25) is 0 Å². The van der Waals surface area contributed by atoms with Crippen molar-refractivity contribution in [1.82, 2.24) is 19.7 Å². The first kappa shape index (κ1) is 21.3. The number of carbonyl (C=O) groups is 2. The second kappa shape index (κ2) is 8.67. The molecule has 1 fully saturated rings. The fraction of sp³-hybridized carbons (Fsp3) is 0.273. The summed E-state index contributed by atoms with van der Waals surface area (Å²) < 4.78 is 6.94. The predicted octanol–water partition coefficient (Wildman–Crippen LogP) is 2.22. The van der Waals surface area contributed by atoms with Crippen molar-refractivity contribution >= 4 is 34.7 Å². The number of nitrogens with one attached hydrogen (secondary N) is 1. The molecule has 0 spiro atoms. The molecule has 1 aliphatic heterocycles. The molecule has 166 valence electrons. The highest BCUT2D eigenvalue weighted by atomic mass is 16.6. The van der Waals surface area contributed by atoms with Gasteiger partial charge in [0.15, 0.2) is 5.76 Å². The van der Waals surface area contributed by atoms with E-state index in [1.54, 1.807) is 11.0 Å². The van der Waals surface area contributed by atoms with Crippen molar-refractivity contribution in [3.05, 3.63) is 69.7 Å². The summed E-state index contributed by atoms with van der Waals surface area (Å²) in [5.41, 5.74) is 1.83. The molecule has 0 unspecified atom stereocenters. The number of likely N-dealkylation sites (N-methyl/N-ethyl adjacent to an activating group) is 1. The third-order valence-corrected chi connectivity index (χ3v) is 5.49. The van der Waals surface area contributed by atoms with Crippen molar-refractivity contribution < 1.29 is 18.9 Å². The van der Waals surface area contributed by atoms with Gasteiger partial charge in [0.1, 0.15) is 10.6 Å². The number of piperazine rings is 1. The summed E-state index contributed by atoms with van der Waals surface area (Å²) >= 11 is 0. The molecule has 0 saturated carbocycles. The van der Waals surface area contributed by atoms with Gasteiger partial charge in [-0.1, -0.05) is 18.2 Å². The summed E-state index contributed by atoms with van der Waals surface area (Å²) in [6.45, 7) is 2.52. The van der Waals surface area contributed by atoms with Gasteiger partial charge in [0.25, 0.3) is 11.8 Å². The molecule has 0 radical (unpaired) electrons. The second-order valence-corrected chi connectivity index (χ2v) is 7.72. The zero-order chi connectivity index (χ0) is 22.8. The average molecular weight is 437 g/mol. The summed E-state index contributed by atoms with van der Waals surface area (Å²) in [7, 11) is 3.89. The van der Waals surface area contributed by atoms with Gasteiger partial charge in [-0.05, 0) is 25.3 Å². The molecule has 10 heteroatoms. The number of fused-ring (bicyclic) bond motifs is 1. The molecule has 1 N–H and O–H groups in total. The Kier molecular flexibility index (Phi) is 5.78. The predicted molar refractivity (Wildman–Crippen MR) is 118 cm³/mol. The number of aryl methyl sites for hydroxylation is 1. The number of aromatic nitrogens is 1. The second-order valence-electron chi connectivity index (χ2n) is 7.72. The molecule has 0 aliphatic carbocycles. The monoisotopic (exact) mass is 437 g/mol. The fourth-order valence-electron chi connectivity index (χ4n) is 3.71. The average Bonchev–Trinajstić information content (AvgIpc) is 3.39. The number of benzene rings is 1. The molecule has 3 aromatic rings. The molecule has 4 rings (SSSR count). The number of hydrogen-bond donors (Lipinski definition) is 1. The van der Waals surface area contributed by atoms with E-state index in [4.69, 9.17) is 4.42 Å². The maximum absolute atomic E-state index is 13.3. The quantitative estimate of drug-likeness (QED) is 0.372. The number of para-hydroxylation sites is 1. The van der Waals surface area contributed by atoms with Crippen molar-refractivity contribution in [3.8, 4) is 0 Å². The van der Waals surface area contributed by atoms with Crippen LogP contribution in [-0.4, -0.2) is 64.3 Å². The molecule has 32 heavy (non-hydrogen) atoms. The molecule has 1 saturated heterocycles. The Bertz CT molecular complexity index is 1220. The maximum atomic E-state index is 13.3. The fourth-order valence-corrected chi connectivity index (χ4v) is 3.71. The smallest absolute Gasteiger partial charge is 0.395 e. The number of carbonyl (C=O) groups excluding carboxylic acids is 2. The van der Waals surface area contributed by atoms with Crippen LogP contribution in [0, 0.1) is 10.1 Å². The molecule has 1 aliphatic rings. The van der Waals surface area contributed by atoms with Crippen LogP contribution in [-0.2, 0) is 11.8 Å². The Hall–Kier alpha value is -3.92. The van der Waals surface area contributed by atoms with Crippen molar-refractivity contribution in [2.45, 2.75) is 0 Å². The van der Waals surface area contributed by atoms with E-state index in [2.05, 4.69) is 10.2 Å². The van der Waals surface area contributed by atoms with E-state index in [9.17, 15) is 19.7 Å². The zero-order valence-corrected chi connectivity index (χ0v) is 17.8. The summed E-state index contributed by atoms with van der Waals surface area (Å²) in [5.74, 6) is -1.83. The Labute approximate surface area is 183 Å². The van der Waals surface area contributed by atoms with Gasteiger partial charge in [-0.15, -0.1) is 0 Å². The van der Waals surface area contributed by atoms with Crippen LogP contribution in [0.2, 0.25) is 0 Å². The first-order chi connectivity index (χ1) is 15.3. The Balaban J connectivity index is 1.68. The van der Waals surface area contributed by atoms with Crippen LogP contribution in [0.5, 0.6) is 0 Å². The minimum Gasteiger partial charge on any atom is -0.395 e. The molecule has 10 nitrogen and oxygen atoms in total. The number of nitrogens with zero attached hydrogens (tertiary/aromatic N) is 4. The third kappa shape index (κ3) is 4.26. The van der Waals surface area contributed by atoms with E-state index in [-0.39, 0.29) is 17.4 Å². The summed E-state index contributed by atoms with van der Waals surface area (Å²) in [6.07, 6.45) is 3.52. The third-order valence-electron chi connectivity index (χ3n) is 5.49.